The molecule has 32 heavy (non-hydrogen) atoms. The summed E-state index contributed by atoms with van der Waals surface area (Å²) in [6, 6.07) is 8.47. The minimum Gasteiger partial charge on any atom is -0.386 e. The SMILES string of the molecule is C=C(NCC1CC(=O)[N+](C)(c2ccc(N(CCC)C(=C)CC)cc2)C1)/C(C)=C/C=[C-]C.[Pm]. The summed E-state index contributed by atoms with van der Waals surface area (Å²) >= 11 is 0. The molecule has 2 rings (SSSR count). The summed E-state index contributed by atoms with van der Waals surface area (Å²) in [6.45, 7) is 19.0. The number of benzene rings is 1. The van der Waals surface area contributed by atoms with Crippen molar-refractivity contribution in [2.75, 3.05) is 31.6 Å². The topological polar surface area (TPSA) is 32.3 Å². The van der Waals surface area contributed by atoms with Crippen LogP contribution in [0.4, 0.5) is 11.4 Å². The summed E-state index contributed by atoms with van der Waals surface area (Å²) in [5.74, 6) is 0.552. The average molecular weight is 567 g/mol. The van der Waals surface area contributed by atoms with E-state index < -0.39 is 0 Å². The number of hydrogen-bond acceptors (Lipinski definition) is 3. The Kier molecular flexibility index (Phi) is 12.1. The van der Waals surface area contributed by atoms with Crippen molar-refractivity contribution in [3.63, 3.8) is 0 Å². The summed E-state index contributed by atoms with van der Waals surface area (Å²) in [5, 5.41) is 3.41. The molecule has 1 amide bonds. The summed E-state index contributed by atoms with van der Waals surface area (Å²) in [7, 11) is 2.04. The number of anilines is 1. The smallest absolute Gasteiger partial charge is 0.319 e. The molecule has 1 aromatic carbocycles. The first-order valence-corrected chi connectivity index (χ1v) is 11.3. The molecule has 1 aliphatic heterocycles. The van der Waals surface area contributed by atoms with Crippen LogP contribution in [-0.2, 0) is 4.79 Å². The maximum absolute atomic E-state index is 13.0. The molecule has 0 bridgehead atoms. The largest absolute Gasteiger partial charge is 0.386 e. The van der Waals surface area contributed by atoms with Gasteiger partial charge in [-0.25, -0.2) is 21.4 Å². The zero-order valence-corrected chi connectivity index (χ0v) is 23.3. The van der Waals surface area contributed by atoms with Crippen molar-refractivity contribution in [2.24, 2.45) is 5.92 Å². The average Bonchev–Trinajstić information content (AvgIpc) is 3.08. The molecule has 173 valence electrons. The summed E-state index contributed by atoms with van der Waals surface area (Å²) in [6.07, 6.45) is 9.44. The molecule has 2 atom stereocenters. The number of amides is 1. The number of allylic oxidation sites excluding steroid dienone is 5. The number of likely N-dealkylation sites (tertiary alicyclic amines) is 1. The number of hydrogen-bond donors (Lipinski definition) is 1. The van der Waals surface area contributed by atoms with E-state index in [9.17, 15) is 4.79 Å². The Labute approximate surface area is 227 Å². The third-order valence-corrected chi connectivity index (χ3v) is 6.19. The van der Waals surface area contributed by atoms with Crippen LogP contribution in [0.3, 0.4) is 0 Å². The molecule has 5 heteroatoms. The molecule has 0 saturated carbocycles. The second kappa shape index (κ2) is 13.5. The molecule has 0 spiro atoms. The molecular weight excluding hydrogens is 527 g/mol. The fourth-order valence-corrected chi connectivity index (χ4v) is 4.08. The van der Waals surface area contributed by atoms with Gasteiger partial charge in [0.2, 0.25) is 0 Å². The summed E-state index contributed by atoms with van der Waals surface area (Å²) in [5.41, 5.74) is 5.29. The normalized spacial score (nSPS) is 20.8. The van der Waals surface area contributed by atoms with Gasteiger partial charge < -0.3 is 10.2 Å². The van der Waals surface area contributed by atoms with E-state index in [4.69, 9.17) is 0 Å². The van der Waals surface area contributed by atoms with E-state index >= 15 is 0 Å². The van der Waals surface area contributed by atoms with Gasteiger partial charge >= 0.3 is 5.91 Å². The second-order valence-corrected chi connectivity index (χ2v) is 8.59. The van der Waals surface area contributed by atoms with Crippen LogP contribution < -0.4 is 14.7 Å². The van der Waals surface area contributed by atoms with Gasteiger partial charge in [0.1, 0.15) is 5.69 Å². The molecule has 4 nitrogen and oxygen atoms in total. The maximum Gasteiger partial charge on any atom is 0.319 e. The van der Waals surface area contributed by atoms with E-state index in [0.717, 1.165) is 60.8 Å². The number of nitrogens with one attached hydrogen (secondary N) is 1. The molecule has 1 N–H and O–H groups in total. The number of quaternary nitrogens is 1. The fourth-order valence-electron chi connectivity index (χ4n) is 4.08. The van der Waals surface area contributed by atoms with Crippen molar-refractivity contribution in [3.05, 3.63) is 72.6 Å². The Morgan fingerprint density at radius 3 is 2.50 bits per heavy atom. The zero-order chi connectivity index (χ0) is 23.0. The first-order chi connectivity index (χ1) is 14.8. The van der Waals surface area contributed by atoms with Gasteiger partial charge in [-0.2, -0.15) is 0 Å². The monoisotopic (exact) mass is 566 g/mol. The molecule has 1 aromatic rings. The van der Waals surface area contributed by atoms with Crippen LogP contribution in [0, 0.1) is 52.4 Å². The van der Waals surface area contributed by atoms with Gasteiger partial charge in [-0.3, -0.25) is 6.08 Å². The Bertz CT molecular complexity index is 856. The molecule has 1 radical (unpaired) electrons. The van der Waals surface area contributed by atoms with Gasteiger partial charge in [-0.1, -0.05) is 33.9 Å². The Morgan fingerprint density at radius 2 is 1.94 bits per heavy atom. The number of carbonyl (C=O) groups excluding carboxylic acids is 1. The van der Waals surface area contributed by atoms with Crippen molar-refractivity contribution in [1.29, 1.82) is 0 Å². The molecule has 1 fully saturated rings. The van der Waals surface area contributed by atoms with E-state index in [2.05, 4.69) is 67.6 Å². The molecule has 1 saturated heterocycles. The van der Waals surface area contributed by atoms with Crippen LogP contribution in [0.15, 0.2) is 66.5 Å². The van der Waals surface area contributed by atoms with Crippen molar-refractivity contribution >= 4 is 17.3 Å². The molecular formula is C27H39N3OPm. The molecule has 1 aliphatic rings. The Morgan fingerprint density at radius 1 is 1.28 bits per heavy atom. The van der Waals surface area contributed by atoms with Crippen molar-refractivity contribution in [1.82, 2.24) is 9.80 Å². The van der Waals surface area contributed by atoms with Crippen LogP contribution in [0.5, 0.6) is 0 Å². The third kappa shape index (κ3) is 7.12. The Hall–Kier alpha value is -1.25. The van der Waals surface area contributed by atoms with Crippen LogP contribution in [0.2, 0.25) is 0 Å². The van der Waals surface area contributed by atoms with E-state index in [-0.39, 0.29) is 52.2 Å². The van der Waals surface area contributed by atoms with Crippen molar-refractivity contribution in [2.45, 2.75) is 47.0 Å². The molecule has 0 aromatic heterocycles. The Balaban J connectivity index is 0.00000512. The summed E-state index contributed by atoms with van der Waals surface area (Å²) in [4.78, 5) is 15.2. The van der Waals surface area contributed by atoms with E-state index in [0.29, 0.717) is 10.9 Å². The van der Waals surface area contributed by atoms with Crippen LogP contribution in [-0.4, -0.2) is 32.6 Å². The van der Waals surface area contributed by atoms with Crippen molar-refractivity contribution in [3.8, 4) is 0 Å². The maximum atomic E-state index is 13.0. The van der Waals surface area contributed by atoms with Gasteiger partial charge in [0, 0.05) is 88.6 Å². The van der Waals surface area contributed by atoms with Crippen LogP contribution in [0.25, 0.3) is 0 Å². The first-order valence-electron chi connectivity index (χ1n) is 11.3. The fraction of sp³-hybridized carbons (Fsp3) is 0.444. The quantitative estimate of drug-likeness (QED) is 0.211. The van der Waals surface area contributed by atoms with E-state index in [1.807, 2.05) is 33.0 Å². The van der Waals surface area contributed by atoms with E-state index in [1.165, 1.54) is 0 Å². The predicted octanol–water partition coefficient (Wildman–Crippen LogP) is 5.74. The third-order valence-electron chi connectivity index (χ3n) is 6.19. The van der Waals surface area contributed by atoms with Gasteiger partial charge in [0.15, 0.2) is 0 Å². The predicted molar refractivity (Wildman–Crippen MR) is 134 cm³/mol. The minimum absolute atomic E-state index is 0. The molecule has 0 aliphatic carbocycles. The zero-order valence-electron chi connectivity index (χ0n) is 20.4. The van der Waals surface area contributed by atoms with Crippen LogP contribution >= 0.6 is 0 Å². The van der Waals surface area contributed by atoms with Gasteiger partial charge in [-0.05, 0) is 25.0 Å². The van der Waals surface area contributed by atoms with Gasteiger partial charge in [-0.15, -0.1) is 12.5 Å². The van der Waals surface area contributed by atoms with Gasteiger partial charge in [0.25, 0.3) is 0 Å². The number of carbonyl (C=O) groups is 1. The van der Waals surface area contributed by atoms with Crippen LogP contribution in [0.1, 0.15) is 47.0 Å². The molecule has 1 heterocycles. The van der Waals surface area contributed by atoms with Crippen molar-refractivity contribution < 1.29 is 45.2 Å². The molecule has 2 unspecified atom stereocenters. The number of rotatable bonds is 11. The minimum atomic E-state index is 0. The second-order valence-electron chi connectivity index (χ2n) is 8.59. The number of nitrogens with zero attached hydrogens (tertiary/aromatic N) is 2. The standard InChI is InChI=1S/C27H39N3O.Pm/c1-8-11-12-21(4)23(6)28-19-24-18-27(31)30(7,20-24)26-15-13-25(14-16-26)29(17-9-2)22(5)10-3;/h11-16,24,28H,5-6,9-10,17-20H2,1-4,7H3;/b21-12+;. The van der Waals surface area contributed by atoms with E-state index in [1.54, 1.807) is 0 Å². The summed E-state index contributed by atoms with van der Waals surface area (Å²) < 4.78 is 0.351. The first kappa shape index (κ1) is 28.8. The van der Waals surface area contributed by atoms with Gasteiger partial charge in [0.05, 0.1) is 20.0 Å².